The van der Waals surface area contributed by atoms with Crippen molar-refractivity contribution in [3.8, 4) is 0 Å². The van der Waals surface area contributed by atoms with E-state index in [-0.39, 0.29) is 5.91 Å². The SMILES string of the molecule is Cc1conc1C(=O)NC1CCCCCC1. The lowest BCUT2D eigenvalue weighted by Crippen LogP contribution is -2.34. The number of hydrogen-bond donors (Lipinski definition) is 1. The van der Waals surface area contributed by atoms with E-state index in [0.29, 0.717) is 11.7 Å². The molecule has 2 rings (SSSR count). The molecule has 0 aliphatic heterocycles. The summed E-state index contributed by atoms with van der Waals surface area (Å²) in [6.07, 6.45) is 8.67. The van der Waals surface area contributed by atoms with Crippen molar-refractivity contribution < 1.29 is 9.32 Å². The van der Waals surface area contributed by atoms with Gasteiger partial charge in [-0.1, -0.05) is 30.8 Å². The lowest BCUT2D eigenvalue weighted by molar-refractivity contribution is 0.0923. The zero-order chi connectivity index (χ0) is 11.4. The average molecular weight is 222 g/mol. The molecule has 1 amide bonds. The van der Waals surface area contributed by atoms with E-state index < -0.39 is 0 Å². The van der Waals surface area contributed by atoms with Crippen molar-refractivity contribution in [2.75, 3.05) is 0 Å². The van der Waals surface area contributed by atoms with Crippen LogP contribution < -0.4 is 5.32 Å². The summed E-state index contributed by atoms with van der Waals surface area (Å²) in [5, 5.41) is 6.76. The van der Waals surface area contributed by atoms with Gasteiger partial charge in [-0.3, -0.25) is 4.79 Å². The third-order valence-electron chi connectivity index (χ3n) is 3.15. The lowest BCUT2D eigenvalue weighted by atomic mass is 10.1. The van der Waals surface area contributed by atoms with Gasteiger partial charge in [0.05, 0.1) is 0 Å². The third kappa shape index (κ3) is 2.62. The van der Waals surface area contributed by atoms with Crippen LogP contribution in [-0.4, -0.2) is 17.1 Å². The summed E-state index contributed by atoms with van der Waals surface area (Å²) in [5.74, 6) is -0.0989. The topological polar surface area (TPSA) is 55.1 Å². The molecule has 0 radical (unpaired) electrons. The van der Waals surface area contributed by atoms with Gasteiger partial charge in [0.25, 0.3) is 5.91 Å². The van der Waals surface area contributed by atoms with Gasteiger partial charge in [-0.25, -0.2) is 0 Å². The second-order valence-electron chi connectivity index (χ2n) is 4.51. The Labute approximate surface area is 95.4 Å². The molecule has 88 valence electrons. The van der Waals surface area contributed by atoms with Gasteiger partial charge in [0.2, 0.25) is 0 Å². The molecule has 0 bridgehead atoms. The third-order valence-corrected chi connectivity index (χ3v) is 3.15. The van der Waals surface area contributed by atoms with E-state index in [1.165, 1.54) is 31.9 Å². The molecule has 1 saturated carbocycles. The summed E-state index contributed by atoms with van der Waals surface area (Å²) in [5.41, 5.74) is 1.22. The van der Waals surface area contributed by atoms with Crippen LogP contribution in [0, 0.1) is 6.92 Å². The quantitative estimate of drug-likeness (QED) is 0.782. The molecule has 1 fully saturated rings. The summed E-state index contributed by atoms with van der Waals surface area (Å²) >= 11 is 0. The molecule has 1 aliphatic rings. The first-order valence-electron chi connectivity index (χ1n) is 5.99. The second-order valence-corrected chi connectivity index (χ2v) is 4.51. The van der Waals surface area contributed by atoms with E-state index in [1.807, 2.05) is 6.92 Å². The molecule has 1 aromatic rings. The predicted octanol–water partition coefficient (Wildman–Crippen LogP) is 2.44. The van der Waals surface area contributed by atoms with Crippen LogP contribution >= 0.6 is 0 Å². The van der Waals surface area contributed by atoms with Gasteiger partial charge in [0.15, 0.2) is 5.69 Å². The van der Waals surface area contributed by atoms with Gasteiger partial charge in [-0.15, -0.1) is 0 Å². The summed E-state index contributed by atoms with van der Waals surface area (Å²) in [7, 11) is 0. The lowest BCUT2D eigenvalue weighted by Gasteiger charge is -2.15. The maximum atomic E-state index is 11.9. The van der Waals surface area contributed by atoms with E-state index in [1.54, 1.807) is 0 Å². The molecule has 0 spiro atoms. The summed E-state index contributed by atoms with van der Waals surface area (Å²) in [6, 6.07) is 0.311. The first kappa shape index (κ1) is 11.2. The van der Waals surface area contributed by atoms with Crippen LogP contribution in [0.5, 0.6) is 0 Å². The molecule has 1 N–H and O–H groups in total. The van der Waals surface area contributed by atoms with Crippen LogP contribution in [0.15, 0.2) is 10.8 Å². The molecule has 0 aromatic carbocycles. The fourth-order valence-corrected chi connectivity index (χ4v) is 2.18. The molecule has 4 nitrogen and oxygen atoms in total. The first-order valence-corrected chi connectivity index (χ1v) is 5.99. The van der Waals surface area contributed by atoms with Crippen molar-refractivity contribution in [2.24, 2.45) is 0 Å². The molecular formula is C12H18N2O2. The Morgan fingerprint density at radius 2 is 2.06 bits per heavy atom. The van der Waals surface area contributed by atoms with Gasteiger partial charge in [-0.2, -0.15) is 0 Å². The maximum absolute atomic E-state index is 11.9. The summed E-state index contributed by atoms with van der Waals surface area (Å²) in [4.78, 5) is 11.9. The Balaban J connectivity index is 1.93. The zero-order valence-corrected chi connectivity index (χ0v) is 9.66. The van der Waals surface area contributed by atoms with Crippen molar-refractivity contribution in [3.63, 3.8) is 0 Å². The number of aryl methyl sites for hydroxylation is 1. The predicted molar refractivity (Wildman–Crippen MR) is 60.2 cm³/mol. The highest BCUT2D eigenvalue weighted by Crippen LogP contribution is 2.17. The minimum Gasteiger partial charge on any atom is -0.364 e. The fourth-order valence-electron chi connectivity index (χ4n) is 2.18. The summed E-state index contributed by atoms with van der Waals surface area (Å²) < 4.78 is 4.77. The van der Waals surface area contributed by atoms with E-state index in [4.69, 9.17) is 4.52 Å². The molecule has 1 aromatic heterocycles. The average Bonchev–Trinajstić information content (AvgIpc) is 2.53. The minimum atomic E-state index is -0.0989. The molecule has 16 heavy (non-hydrogen) atoms. The Kier molecular flexibility index (Phi) is 3.59. The highest BCUT2D eigenvalue weighted by molar-refractivity contribution is 5.93. The number of aromatic nitrogens is 1. The largest absolute Gasteiger partial charge is 0.364 e. The van der Waals surface area contributed by atoms with Gasteiger partial charge in [-0.05, 0) is 19.8 Å². The monoisotopic (exact) mass is 222 g/mol. The minimum absolute atomic E-state index is 0.0989. The van der Waals surface area contributed by atoms with Crippen LogP contribution in [0.25, 0.3) is 0 Å². The smallest absolute Gasteiger partial charge is 0.273 e. The number of nitrogens with one attached hydrogen (secondary N) is 1. The second kappa shape index (κ2) is 5.14. The van der Waals surface area contributed by atoms with Crippen molar-refractivity contribution in [2.45, 2.75) is 51.5 Å². The fraction of sp³-hybridized carbons (Fsp3) is 0.667. The number of hydrogen-bond acceptors (Lipinski definition) is 3. The van der Waals surface area contributed by atoms with Gasteiger partial charge in [0, 0.05) is 11.6 Å². The highest BCUT2D eigenvalue weighted by atomic mass is 16.5. The van der Waals surface area contributed by atoms with Crippen molar-refractivity contribution in [1.82, 2.24) is 10.5 Å². The van der Waals surface area contributed by atoms with Crippen molar-refractivity contribution >= 4 is 5.91 Å². The van der Waals surface area contributed by atoms with Crippen LogP contribution in [-0.2, 0) is 0 Å². The Hall–Kier alpha value is -1.32. The number of carbonyl (C=O) groups excluding carboxylic acids is 1. The standard InChI is InChI=1S/C12H18N2O2/c1-9-8-16-14-11(9)12(15)13-10-6-4-2-3-5-7-10/h8,10H,2-7H2,1H3,(H,13,15). The molecule has 0 atom stereocenters. The van der Waals surface area contributed by atoms with Gasteiger partial charge < -0.3 is 9.84 Å². The number of rotatable bonds is 2. The van der Waals surface area contributed by atoms with Crippen molar-refractivity contribution in [1.29, 1.82) is 0 Å². The molecule has 0 saturated heterocycles. The molecule has 1 heterocycles. The summed E-state index contributed by atoms with van der Waals surface area (Å²) in [6.45, 7) is 1.83. The Morgan fingerprint density at radius 1 is 1.38 bits per heavy atom. The van der Waals surface area contributed by atoms with E-state index in [9.17, 15) is 4.79 Å². The number of nitrogens with zero attached hydrogens (tertiary/aromatic N) is 1. The van der Waals surface area contributed by atoms with E-state index in [0.717, 1.165) is 18.4 Å². The Morgan fingerprint density at radius 3 is 2.62 bits per heavy atom. The Bertz CT molecular complexity index is 352. The normalized spacial score (nSPS) is 18.1. The van der Waals surface area contributed by atoms with Crippen LogP contribution in [0.4, 0.5) is 0 Å². The molecular weight excluding hydrogens is 204 g/mol. The van der Waals surface area contributed by atoms with E-state index >= 15 is 0 Å². The van der Waals surface area contributed by atoms with Gasteiger partial charge in [0.1, 0.15) is 6.26 Å². The van der Waals surface area contributed by atoms with Crippen LogP contribution in [0.1, 0.15) is 54.6 Å². The van der Waals surface area contributed by atoms with Crippen molar-refractivity contribution in [3.05, 3.63) is 17.5 Å². The number of amides is 1. The molecule has 0 unspecified atom stereocenters. The highest BCUT2D eigenvalue weighted by Gasteiger charge is 2.18. The zero-order valence-electron chi connectivity index (χ0n) is 9.66. The number of carbonyl (C=O) groups is 1. The molecule has 4 heteroatoms. The van der Waals surface area contributed by atoms with Crippen LogP contribution in [0.2, 0.25) is 0 Å². The maximum Gasteiger partial charge on any atom is 0.273 e. The van der Waals surface area contributed by atoms with E-state index in [2.05, 4.69) is 10.5 Å². The molecule has 1 aliphatic carbocycles. The van der Waals surface area contributed by atoms with Crippen LogP contribution in [0.3, 0.4) is 0 Å². The van der Waals surface area contributed by atoms with Gasteiger partial charge >= 0.3 is 0 Å². The first-order chi connectivity index (χ1) is 7.77.